The van der Waals surface area contributed by atoms with E-state index in [0.29, 0.717) is 23.2 Å². The Labute approximate surface area is 122 Å². The molecule has 0 aliphatic heterocycles. The topological polar surface area (TPSA) is 59.5 Å². The van der Waals surface area contributed by atoms with E-state index in [2.05, 4.69) is 4.98 Å². The summed E-state index contributed by atoms with van der Waals surface area (Å²) >= 11 is 1.28. The van der Waals surface area contributed by atoms with Gasteiger partial charge in [0.2, 0.25) is 5.91 Å². The fourth-order valence-electron chi connectivity index (χ4n) is 1.77. The highest BCUT2D eigenvalue weighted by Crippen LogP contribution is 2.27. The monoisotopic (exact) mass is 294 g/mol. The summed E-state index contributed by atoms with van der Waals surface area (Å²) in [6.45, 7) is 2.08. The third kappa shape index (κ3) is 3.72. The van der Waals surface area contributed by atoms with E-state index in [-0.39, 0.29) is 11.7 Å². The van der Waals surface area contributed by atoms with Crippen molar-refractivity contribution in [2.45, 2.75) is 30.8 Å². The highest BCUT2D eigenvalue weighted by molar-refractivity contribution is 8.00. The van der Waals surface area contributed by atoms with Crippen LogP contribution in [0.1, 0.15) is 30.1 Å². The van der Waals surface area contributed by atoms with E-state index in [1.165, 1.54) is 11.8 Å². The van der Waals surface area contributed by atoms with Gasteiger partial charge in [0.1, 0.15) is 5.03 Å². The van der Waals surface area contributed by atoms with Gasteiger partial charge in [-0.1, -0.05) is 11.8 Å². The molecule has 1 aliphatic rings. The maximum atomic E-state index is 12.0. The van der Waals surface area contributed by atoms with Gasteiger partial charge in [0.15, 0.2) is 0 Å². The van der Waals surface area contributed by atoms with Crippen LogP contribution in [0.15, 0.2) is 23.4 Å². The van der Waals surface area contributed by atoms with Crippen LogP contribution in [0.2, 0.25) is 0 Å². The molecule has 1 saturated carbocycles. The molecule has 1 aliphatic carbocycles. The van der Waals surface area contributed by atoms with Crippen LogP contribution >= 0.6 is 11.8 Å². The first kappa shape index (κ1) is 14.8. The fourth-order valence-corrected chi connectivity index (χ4v) is 2.67. The van der Waals surface area contributed by atoms with E-state index in [1.54, 1.807) is 30.2 Å². The zero-order valence-electron chi connectivity index (χ0n) is 11.7. The Balaban J connectivity index is 1.98. The first-order valence-corrected chi connectivity index (χ1v) is 7.62. The average Bonchev–Trinajstić information content (AvgIpc) is 3.29. The number of rotatable bonds is 6. The maximum Gasteiger partial charge on any atom is 0.340 e. The molecule has 1 amide bonds. The van der Waals surface area contributed by atoms with E-state index in [1.807, 2.05) is 7.05 Å². The first-order chi connectivity index (χ1) is 9.63. The molecular formula is C14H18N2O3S. The highest BCUT2D eigenvalue weighted by Gasteiger charge is 2.29. The maximum absolute atomic E-state index is 12.0. The van der Waals surface area contributed by atoms with Crippen molar-refractivity contribution in [1.29, 1.82) is 0 Å². The van der Waals surface area contributed by atoms with Crippen molar-refractivity contribution in [3.05, 3.63) is 23.9 Å². The summed E-state index contributed by atoms with van der Waals surface area (Å²) in [5, 5.41) is 0.545. The lowest BCUT2D eigenvalue weighted by molar-refractivity contribution is -0.127. The molecule has 0 saturated heterocycles. The molecule has 1 heterocycles. The van der Waals surface area contributed by atoms with Crippen LogP contribution in [0.25, 0.3) is 0 Å². The molecule has 1 aromatic rings. The molecule has 20 heavy (non-hydrogen) atoms. The van der Waals surface area contributed by atoms with Crippen molar-refractivity contribution < 1.29 is 14.3 Å². The van der Waals surface area contributed by atoms with Gasteiger partial charge in [-0.2, -0.15) is 0 Å². The number of nitrogens with zero attached hydrogens (tertiary/aromatic N) is 2. The lowest BCUT2D eigenvalue weighted by Crippen LogP contribution is -2.30. The van der Waals surface area contributed by atoms with E-state index in [9.17, 15) is 9.59 Å². The Morgan fingerprint density at radius 1 is 1.50 bits per heavy atom. The molecule has 0 aromatic carbocycles. The summed E-state index contributed by atoms with van der Waals surface area (Å²) in [6.07, 6.45) is 3.79. The zero-order valence-corrected chi connectivity index (χ0v) is 12.5. The Bertz CT molecular complexity index is 503. The van der Waals surface area contributed by atoms with Crippen LogP contribution in [-0.4, -0.2) is 47.2 Å². The number of hydrogen-bond acceptors (Lipinski definition) is 5. The van der Waals surface area contributed by atoms with Gasteiger partial charge >= 0.3 is 5.97 Å². The Morgan fingerprint density at radius 3 is 2.90 bits per heavy atom. The average molecular weight is 294 g/mol. The van der Waals surface area contributed by atoms with Crippen LogP contribution in [0, 0.1) is 0 Å². The summed E-state index contributed by atoms with van der Waals surface area (Å²) < 4.78 is 4.98. The molecule has 6 heteroatoms. The van der Waals surface area contributed by atoms with Crippen LogP contribution < -0.4 is 0 Å². The van der Waals surface area contributed by atoms with Crippen molar-refractivity contribution in [2.75, 3.05) is 19.4 Å². The number of amides is 1. The molecule has 1 aromatic heterocycles. The van der Waals surface area contributed by atoms with E-state index in [4.69, 9.17) is 4.74 Å². The van der Waals surface area contributed by atoms with Gasteiger partial charge in [0.05, 0.1) is 17.9 Å². The largest absolute Gasteiger partial charge is 0.462 e. The van der Waals surface area contributed by atoms with Crippen molar-refractivity contribution >= 4 is 23.6 Å². The lowest BCUT2D eigenvalue weighted by atomic mass is 10.3. The second-order valence-corrected chi connectivity index (χ2v) is 5.57. The number of ether oxygens (including phenoxy) is 1. The Hall–Kier alpha value is -1.56. The first-order valence-electron chi connectivity index (χ1n) is 6.64. The number of carbonyl (C=O) groups excluding carboxylic acids is 2. The molecule has 5 nitrogen and oxygen atoms in total. The fraction of sp³-hybridized carbons (Fsp3) is 0.500. The lowest BCUT2D eigenvalue weighted by Gasteiger charge is -2.15. The summed E-state index contributed by atoms with van der Waals surface area (Å²) in [7, 11) is 1.82. The molecule has 0 radical (unpaired) electrons. The molecule has 1 fully saturated rings. The number of esters is 1. The van der Waals surface area contributed by atoms with Gasteiger partial charge in [-0.3, -0.25) is 4.79 Å². The Morgan fingerprint density at radius 2 is 2.25 bits per heavy atom. The number of hydrogen-bond donors (Lipinski definition) is 0. The van der Waals surface area contributed by atoms with Gasteiger partial charge in [-0.05, 0) is 31.9 Å². The molecule has 108 valence electrons. The quantitative estimate of drug-likeness (QED) is 0.593. The molecule has 0 N–H and O–H groups in total. The molecule has 0 unspecified atom stereocenters. The van der Waals surface area contributed by atoms with E-state index in [0.717, 1.165) is 12.8 Å². The zero-order chi connectivity index (χ0) is 14.5. The van der Waals surface area contributed by atoms with E-state index < -0.39 is 5.97 Å². The molecular weight excluding hydrogens is 276 g/mol. The standard InChI is InChI=1S/C14H18N2O3S/c1-3-19-14(18)11-5-4-8-15-13(11)20-9-12(17)16(2)10-6-7-10/h4-5,8,10H,3,6-7,9H2,1-2H3. The predicted molar refractivity (Wildman–Crippen MR) is 76.7 cm³/mol. The van der Waals surface area contributed by atoms with Crippen LogP contribution in [0.4, 0.5) is 0 Å². The molecule has 0 bridgehead atoms. The van der Waals surface area contributed by atoms with Gasteiger partial charge in [-0.15, -0.1) is 0 Å². The number of carbonyl (C=O) groups is 2. The molecule has 0 spiro atoms. The van der Waals surface area contributed by atoms with Gasteiger partial charge in [-0.25, -0.2) is 9.78 Å². The van der Waals surface area contributed by atoms with Crippen molar-refractivity contribution in [3.63, 3.8) is 0 Å². The number of aromatic nitrogens is 1. The predicted octanol–water partition coefficient (Wildman–Crippen LogP) is 1.97. The molecule has 2 rings (SSSR count). The summed E-state index contributed by atoms with van der Waals surface area (Å²) in [6, 6.07) is 3.76. The minimum atomic E-state index is -0.397. The van der Waals surface area contributed by atoms with Gasteiger partial charge < -0.3 is 9.64 Å². The normalized spacial score (nSPS) is 13.9. The minimum absolute atomic E-state index is 0.0676. The second kappa shape index (κ2) is 6.74. The van der Waals surface area contributed by atoms with Crippen LogP contribution in [0.3, 0.4) is 0 Å². The van der Waals surface area contributed by atoms with Crippen molar-refractivity contribution in [2.24, 2.45) is 0 Å². The second-order valence-electron chi connectivity index (χ2n) is 4.60. The van der Waals surface area contributed by atoms with Crippen LogP contribution in [-0.2, 0) is 9.53 Å². The van der Waals surface area contributed by atoms with Gasteiger partial charge in [0.25, 0.3) is 0 Å². The summed E-state index contributed by atoms with van der Waals surface area (Å²) in [4.78, 5) is 29.7. The van der Waals surface area contributed by atoms with Crippen molar-refractivity contribution in [1.82, 2.24) is 9.88 Å². The number of pyridine rings is 1. The SMILES string of the molecule is CCOC(=O)c1cccnc1SCC(=O)N(C)C1CC1. The summed E-state index contributed by atoms with van der Waals surface area (Å²) in [5.74, 6) is -0.0415. The minimum Gasteiger partial charge on any atom is -0.462 e. The third-order valence-electron chi connectivity index (χ3n) is 3.09. The smallest absolute Gasteiger partial charge is 0.340 e. The van der Waals surface area contributed by atoms with Crippen molar-refractivity contribution in [3.8, 4) is 0 Å². The van der Waals surface area contributed by atoms with E-state index >= 15 is 0 Å². The Kier molecular flexibility index (Phi) is 5.00. The molecule has 0 atom stereocenters. The summed E-state index contributed by atoms with van der Waals surface area (Å²) in [5.41, 5.74) is 0.418. The third-order valence-corrected chi connectivity index (χ3v) is 4.08. The highest BCUT2D eigenvalue weighted by atomic mass is 32.2. The number of thioether (sulfide) groups is 1. The van der Waals surface area contributed by atoms with Gasteiger partial charge in [0, 0.05) is 19.3 Å². The van der Waals surface area contributed by atoms with Crippen LogP contribution in [0.5, 0.6) is 0 Å².